The molecule has 2 amide bonds. The lowest BCUT2D eigenvalue weighted by Crippen LogP contribution is -2.39. The van der Waals surface area contributed by atoms with Crippen molar-refractivity contribution in [3.05, 3.63) is 63.6 Å². The van der Waals surface area contributed by atoms with Crippen LogP contribution in [0.25, 0.3) is 0 Å². The fourth-order valence-corrected chi connectivity index (χ4v) is 3.37. The molecule has 0 radical (unpaired) electrons. The maximum absolute atomic E-state index is 12.3. The van der Waals surface area contributed by atoms with Crippen molar-refractivity contribution in [1.29, 1.82) is 0 Å². The van der Waals surface area contributed by atoms with Gasteiger partial charge in [0.2, 0.25) is 11.8 Å². The Labute approximate surface area is 182 Å². The summed E-state index contributed by atoms with van der Waals surface area (Å²) in [6.07, 6.45) is 0. The molecular weight excluding hydrogens is 409 g/mol. The van der Waals surface area contributed by atoms with Gasteiger partial charge in [0.1, 0.15) is 0 Å². The number of halogens is 2. The summed E-state index contributed by atoms with van der Waals surface area (Å²) in [6, 6.07) is 13.1. The molecule has 0 bridgehead atoms. The first-order valence-electron chi connectivity index (χ1n) is 9.49. The molecular formula is C22H27Cl2N3O2. The molecule has 0 aliphatic carbocycles. The largest absolute Gasteiger partial charge is 0.348 e. The molecule has 0 saturated heterocycles. The molecule has 29 heavy (non-hydrogen) atoms. The SMILES string of the molecule is CC(C)c1ccc([C@H](C)NC(=O)CN(C)CC(=O)Nc2c(Cl)cccc2Cl)cc1. The zero-order chi connectivity index (χ0) is 21.6. The Morgan fingerprint density at radius 3 is 1.97 bits per heavy atom. The van der Waals surface area contributed by atoms with Crippen molar-refractivity contribution in [2.75, 3.05) is 25.5 Å². The molecule has 0 heterocycles. The number of hydrogen-bond donors (Lipinski definition) is 2. The van der Waals surface area contributed by atoms with Crippen molar-refractivity contribution in [3.8, 4) is 0 Å². The Morgan fingerprint density at radius 1 is 0.897 bits per heavy atom. The minimum absolute atomic E-state index is 0.0342. The van der Waals surface area contributed by atoms with Gasteiger partial charge in [0.05, 0.1) is 34.9 Å². The fourth-order valence-electron chi connectivity index (χ4n) is 2.88. The molecule has 2 rings (SSSR count). The minimum atomic E-state index is -0.298. The van der Waals surface area contributed by atoms with Gasteiger partial charge in [0.25, 0.3) is 0 Å². The summed E-state index contributed by atoms with van der Waals surface area (Å²) >= 11 is 12.1. The van der Waals surface area contributed by atoms with Gasteiger partial charge in [-0.2, -0.15) is 0 Å². The average Bonchev–Trinajstić information content (AvgIpc) is 2.64. The first kappa shape index (κ1) is 23.2. The first-order chi connectivity index (χ1) is 13.7. The van der Waals surface area contributed by atoms with Crippen LogP contribution in [0.4, 0.5) is 5.69 Å². The lowest BCUT2D eigenvalue weighted by Gasteiger charge is -2.19. The van der Waals surface area contributed by atoms with Gasteiger partial charge in [0.15, 0.2) is 0 Å². The summed E-state index contributed by atoms with van der Waals surface area (Å²) in [6.45, 7) is 6.36. The Kier molecular flexibility index (Phi) is 8.50. The number of para-hydroxylation sites is 1. The zero-order valence-corrected chi connectivity index (χ0v) is 18.6. The summed E-state index contributed by atoms with van der Waals surface area (Å²) < 4.78 is 0. The van der Waals surface area contributed by atoms with Gasteiger partial charge in [-0.15, -0.1) is 0 Å². The summed E-state index contributed by atoms with van der Waals surface area (Å²) in [5, 5.41) is 6.38. The van der Waals surface area contributed by atoms with Gasteiger partial charge < -0.3 is 10.6 Å². The van der Waals surface area contributed by atoms with Crippen LogP contribution < -0.4 is 10.6 Å². The van der Waals surface area contributed by atoms with Crippen LogP contribution in [0, 0.1) is 0 Å². The number of carbonyl (C=O) groups is 2. The quantitative estimate of drug-likeness (QED) is 0.621. The van der Waals surface area contributed by atoms with Gasteiger partial charge in [-0.3, -0.25) is 14.5 Å². The number of carbonyl (C=O) groups excluding carboxylic acids is 2. The van der Waals surface area contributed by atoms with E-state index < -0.39 is 0 Å². The van der Waals surface area contributed by atoms with Crippen LogP contribution in [-0.2, 0) is 9.59 Å². The predicted octanol–water partition coefficient (Wildman–Crippen LogP) is 4.86. The van der Waals surface area contributed by atoms with Gasteiger partial charge in [-0.25, -0.2) is 0 Å². The second-order valence-electron chi connectivity index (χ2n) is 7.43. The number of nitrogens with one attached hydrogen (secondary N) is 2. The van der Waals surface area contributed by atoms with E-state index in [1.54, 1.807) is 30.1 Å². The Bertz CT molecular complexity index is 833. The van der Waals surface area contributed by atoms with Gasteiger partial charge in [-0.05, 0) is 43.1 Å². The Hall–Kier alpha value is -2.08. The Balaban J connectivity index is 1.84. The van der Waals surface area contributed by atoms with E-state index in [4.69, 9.17) is 23.2 Å². The highest BCUT2D eigenvalue weighted by atomic mass is 35.5. The molecule has 5 nitrogen and oxygen atoms in total. The first-order valence-corrected chi connectivity index (χ1v) is 10.2. The third kappa shape index (κ3) is 7.03. The number of nitrogens with zero attached hydrogens (tertiary/aromatic N) is 1. The van der Waals surface area contributed by atoms with E-state index in [9.17, 15) is 9.59 Å². The second-order valence-corrected chi connectivity index (χ2v) is 8.24. The Morgan fingerprint density at radius 2 is 1.41 bits per heavy atom. The van der Waals surface area contributed by atoms with E-state index in [-0.39, 0.29) is 30.9 Å². The van der Waals surface area contributed by atoms with E-state index in [1.807, 2.05) is 19.1 Å². The smallest absolute Gasteiger partial charge is 0.238 e. The zero-order valence-electron chi connectivity index (χ0n) is 17.1. The maximum Gasteiger partial charge on any atom is 0.238 e. The average molecular weight is 436 g/mol. The summed E-state index contributed by atoms with van der Waals surface area (Å²) in [7, 11) is 1.70. The number of benzene rings is 2. The van der Waals surface area contributed by atoms with Crippen LogP contribution in [0.5, 0.6) is 0 Å². The van der Waals surface area contributed by atoms with E-state index in [1.165, 1.54) is 5.56 Å². The molecule has 2 N–H and O–H groups in total. The highest BCUT2D eigenvalue weighted by Gasteiger charge is 2.15. The topological polar surface area (TPSA) is 61.4 Å². The molecule has 156 valence electrons. The van der Waals surface area contributed by atoms with Gasteiger partial charge in [-0.1, -0.05) is 67.4 Å². The second kappa shape index (κ2) is 10.6. The molecule has 0 aromatic heterocycles. The highest BCUT2D eigenvalue weighted by molar-refractivity contribution is 6.39. The van der Waals surface area contributed by atoms with Gasteiger partial charge in [0, 0.05) is 0 Å². The van der Waals surface area contributed by atoms with Crippen molar-refractivity contribution in [2.24, 2.45) is 0 Å². The van der Waals surface area contributed by atoms with Crippen LogP contribution in [-0.4, -0.2) is 36.9 Å². The standard InChI is InChI=1S/C22H27Cl2N3O2/c1-14(2)16-8-10-17(11-9-16)15(3)25-20(28)12-27(4)13-21(29)26-22-18(23)6-5-7-19(22)24/h5-11,14-15H,12-13H2,1-4H3,(H,25,28)(H,26,29)/t15-/m0/s1. The summed E-state index contributed by atoms with van der Waals surface area (Å²) in [4.78, 5) is 26.2. The number of likely N-dealkylation sites (N-methyl/N-ethyl adjacent to an activating group) is 1. The maximum atomic E-state index is 12.3. The number of rotatable bonds is 8. The molecule has 7 heteroatoms. The molecule has 0 aliphatic rings. The lowest BCUT2D eigenvalue weighted by molar-refractivity contribution is -0.123. The van der Waals surface area contributed by atoms with Crippen LogP contribution >= 0.6 is 23.2 Å². The number of anilines is 1. The van der Waals surface area contributed by atoms with Crippen molar-refractivity contribution < 1.29 is 9.59 Å². The monoisotopic (exact) mass is 435 g/mol. The van der Waals surface area contributed by atoms with Crippen LogP contribution in [0.2, 0.25) is 10.0 Å². The molecule has 0 aliphatic heterocycles. The van der Waals surface area contributed by atoms with Crippen LogP contribution in [0.1, 0.15) is 43.9 Å². The molecule has 1 atom stereocenters. The molecule has 0 fully saturated rings. The lowest BCUT2D eigenvalue weighted by atomic mass is 9.99. The third-order valence-electron chi connectivity index (χ3n) is 4.53. The molecule has 0 saturated carbocycles. The van der Waals surface area contributed by atoms with Crippen molar-refractivity contribution >= 4 is 40.7 Å². The van der Waals surface area contributed by atoms with Crippen molar-refractivity contribution in [3.63, 3.8) is 0 Å². The third-order valence-corrected chi connectivity index (χ3v) is 5.16. The minimum Gasteiger partial charge on any atom is -0.348 e. The normalized spacial score (nSPS) is 12.1. The summed E-state index contributed by atoms with van der Waals surface area (Å²) in [5.41, 5.74) is 2.67. The molecule has 0 spiro atoms. The molecule has 0 unspecified atom stereocenters. The van der Waals surface area contributed by atoms with Crippen molar-refractivity contribution in [1.82, 2.24) is 10.2 Å². The van der Waals surface area contributed by atoms with E-state index >= 15 is 0 Å². The van der Waals surface area contributed by atoms with E-state index in [2.05, 4.69) is 36.6 Å². The number of amides is 2. The number of hydrogen-bond acceptors (Lipinski definition) is 3. The van der Waals surface area contributed by atoms with E-state index in [0.717, 1.165) is 5.56 Å². The van der Waals surface area contributed by atoms with Gasteiger partial charge >= 0.3 is 0 Å². The summed E-state index contributed by atoms with van der Waals surface area (Å²) in [5.74, 6) is 0.0125. The van der Waals surface area contributed by atoms with Crippen LogP contribution in [0.3, 0.4) is 0 Å². The predicted molar refractivity (Wildman–Crippen MR) is 120 cm³/mol. The molecule has 2 aromatic rings. The molecule has 2 aromatic carbocycles. The van der Waals surface area contributed by atoms with Crippen LogP contribution in [0.15, 0.2) is 42.5 Å². The highest BCUT2D eigenvalue weighted by Crippen LogP contribution is 2.29. The van der Waals surface area contributed by atoms with Crippen molar-refractivity contribution in [2.45, 2.75) is 32.7 Å². The fraction of sp³-hybridized carbons (Fsp3) is 0.364. The van der Waals surface area contributed by atoms with E-state index in [0.29, 0.717) is 21.7 Å².